The second kappa shape index (κ2) is 6.21. The molecule has 94 valence electrons. The molecule has 7 nitrogen and oxygen atoms in total. The average Bonchev–Trinajstić information content (AvgIpc) is 2.34. The van der Waals surface area contributed by atoms with E-state index in [0.29, 0.717) is 18.8 Å². The first kappa shape index (κ1) is 13.5. The number of rotatable bonds is 5. The highest BCUT2D eigenvalue weighted by atomic mass is 35.5. The Bertz CT molecular complexity index is 460. The van der Waals surface area contributed by atoms with Crippen LogP contribution in [0.1, 0.15) is 0 Å². The van der Waals surface area contributed by atoms with Crippen molar-refractivity contribution >= 4 is 23.3 Å². The lowest BCUT2D eigenvalue weighted by Crippen LogP contribution is -2.28. The number of carbonyl (C=O) groups excluding carboxylic acids is 1. The van der Waals surface area contributed by atoms with E-state index in [1.54, 1.807) is 0 Å². The van der Waals surface area contributed by atoms with Gasteiger partial charge >= 0.3 is 5.97 Å². The molecule has 1 rings (SSSR count). The van der Waals surface area contributed by atoms with Crippen LogP contribution < -0.4 is 16.6 Å². The van der Waals surface area contributed by atoms with Crippen molar-refractivity contribution in [2.45, 2.75) is 6.54 Å². The van der Waals surface area contributed by atoms with Crippen molar-refractivity contribution in [3.8, 4) is 0 Å². The van der Waals surface area contributed by atoms with E-state index in [-0.39, 0.29) is 11.6 Å². The third kappa shape index (κ3) is 3.43. The summed E-state index contributed by atoms with van der Waals surface area (Å²) in [5.41, 5.74) is 5.14. The van der Waals surface area contributed by atoms with Gasteiger partial charge in [-0.1, -0.05) is 11.6 Å². The molecule has 0 saturated heterocycles. The first-order valence-electron chi connectivity index (χ1n) is 4.86. The Kier molecular flexibility index (Phi) is 4.92. The van der Waals surface area contributed by atoms with E-state index in [1.807, 2.05) is 0 Å². The van der Waals surface area contributed by atoms with Crippen LogP contribution in [0.5, 0.6) is 0 Å². The number of carbonyl (C=O) groups is 1. The fourth-order valence-corrected chi connectivity index (χ4v) is 1.31. The number of esters is 1. The zero-order chi connectivity index (χ0) is 12.8. The topological polar surface area (TPSA) is 99.2 Å². The molecule has 0 aliphatic rings. The molecule has 0 aliphatic carbocycles. The predicted molar refractivity (Wildman–Crippen MR) is 63.1 cm³/mol. The highest BCUT2D eigenvalue weighted by molar-refractivity contribution is 6.32. The minimum absolute atomic E-state index is 0.0302. The largest absolute Gasteiger partial charge is 0.468 e. The smallest absolute Gasteiger partial charge is 0.327 e. The van der Waals surface area contributed by atoms with Crippen molar-refractivity contribution in [2.24, 2.45) is 5.73 Å². The van der Waals surface area contributed by atoms with Gasteiger partial charge in [0.05, 0.1) is 19.0 Å². The third-order valence-corrected chi connectivity index (χ3v) is 2.32. The minimum Gasteiger partial charge on any atom is -0.468 e. The highest BCUT2D eigenvalue weighted by Crippen LogP contribution is 2.14. The molecule has 17 heavy (non-hydrogen) atoms. The van der Waals surface area contributed by atoms with E-state index in [1.165, 1.54) is 13.3 Å². The molecule has 0 fully saturated rings. The van der Waals surface area contributed by atoms with E-state index in [4.69, 9.17) is 17.3 Å². The normalized spacial score (nSPS) is 10.1. The van der Waals surface area contributed by atoms with Crippen LogP contribution in [0.3, 0.4) is 0 Å². The maximum Gasteiger partial charge on any atom is 0.327 e. The summed E-state index contributed by atoms with van der Waals surface area (Å²) >= 11 is 5.83. The van der Waals surface area contributed by atoms with Gasteiger partial charge in [-0.25, -0.2) is 4.68 Å². The number of nitrogens with one attached hydrogen (secondary N) is 1. The summed E-state index contributed by atoms with van der Waals surface area (Å²) < 4.78 is 5.36. The second-order valence-corrected chi connectivity index (χ2v) is 3.50. The van der Waals surface area contributed by atoms with Gasteiger partial charge in [0.25, 0.3) is 5.56 Å². The number of ether oxygens (including phenoxy) is 1. The number of nitrogens with two attached hydrogens (primary N) is 1. The lowest BCUT2D eigenvalue weighted by molar-refractivity contribution is -0.141. The molecule has 0 aliphatic heterocycles. The molecule has 1 aromatic rings. The standard InChI is InChI=1S/C9H13ClN4O3/c1-17-7(15)5-14-9(16)8(10)6(4-13-14)12-3-2-11/h4,12H,2-3,5,11H2,1H3. The van der Waals surface area contributed by atoms with E-state index < -0.39 is 11.5 Å². The van der Waals surface area contributed by atoms with E-state index in [2.05, 4.69) is 15.2 Å². The van der Waals surface area contributed by atoms with Crippen molar-refractivity contribution in [3.05, 3.63) is 21.6 Å². The molecule has 0 bridgehead atoms. The van der Waals surface area contributed by atoms with Crippen LogP contribution in [0.15, 0.2) is 11.0 Å². The van der Waals surface area contributed by atoms with Crippen molar-refractivity contribution in [3.63, 3.8) is 0 Å². The second-order valence-electron chi connectivity index (χ2n) is 3.13. The lowest BCUT2D eigenvalue weighted by Gasteiger charge is -2.08. The first-order chi connectivity index (χ1) is 8.10. The van der Waals surface area contributed by atoms with E-state index >= 15 is 0 Å². The minimum atomic E-state index is -0.571. The van der Waals surface area contributed by atoms with E-state index in [9.17, 15) is 9.59 Å². The molecule has 0 amide bonds. The molecular weight excluding hydrogens is 248 g/mol. The van der Waals surface area contributed by atoms with Crippen LogP contribution in [0.25, 0.3) is 0 Å². The van der Waals surface area contributed by atoms with Gasteiger partial charge < -0.3 is 15.8 Å². The van der Waals surface area contributed by atoms with E-state index in [0.717, 1.165) is 4.68 Å². The summed E-state index contributed by atoms with van der Waals surface area (Å²) in [6, 6.07) is 0. The maximum atomic E-state index is 11.7. The Labute approximate surface area is 103 Å². The lowest BCUT2D eigenvalue weighted by atomic mass is 10.4. The molecule has 1 heterocycles. The number of halogens is 1. The fourth-order valence-electron chi connectivity index (χ4n) is 1.09. The van der Waals surface area contributed by atoms with Crippen LogP contribution in [0, 0.1) is 0 Å². The monoisotopic (exact) mass is 260 g/mol. The third-order valence-electron chi connectivity index (χ3n) is 1.95. The van der Waals surface area contributed by atoms with Crippen LogP contribution in [0.4, 0.5) is 5.69 Å². The Balaban J connectivity index is 2.94. The number of aromatic nitrogens is 2. The SMILES string of the molecule is COC(=O)Cn1ncc(NCCN)c(Cl)c1=O. The zero-order valence-corrected chi connectivity index (χ0v) is 10.0. The summed E-state index contributed by atoms with van der Waals surface area (Å²) in [5.74, 6) is -0.571. The molecule has 0 atom stereocenters. The van der Waals surface area contributed by atoms with Gasteiger partial charge in [0.1, 0.15) is 11.6 Å². The molecule has 1 aromatic heterocycles. The highest BCUT2D eigenvalue weighted by Gasteiger charge is 2.11. The van der Waals surface area contributed by atoms with Crippen molar-refractivity contribution < 1.29 is 9.53 Å². The number of methoxy groups -OCH3 is 1. The molecular formula is C9H13ClN4O3. The van der Waals surface area contributed by atoms with Crippen molar-refractivity contribution in [2.75, 3.05) is 25.5 Å². The summed E-state index contributed by atoms with van der Waals surface area (Å²) in [7, 11) is 1.23. The van der Waals surface area contributed by atoms with Gasteiger partial charge in [0.2, 0.25) is 0 Å². The van der Waals surface area contributed by atoms with Crippen molar-refractivity contribution in [1.29, 1.82) is 0 Å². The fraction of sp³-hybridized carbons (Fsp3) is 0.444. The predicted octanol–water partition coefficient (Wildman–Crippen LogP) is -0.560. The van der Waals surface area contributed by atoms with Gasteiger partial charge in [-0.3, -0.25) is 9.59 Å². The zero-order valence-electron chi connectivity index (χ0n) is 9.27. The molecule has 0 spiro atoms. The number of hydrogen-bond donors (Lipinski definition) is 2. The number of hydrogen-bond acceptors (Lipinski definition) is 6. The number of anilines is 1. The van der Waals surface area contributed by atoms with Gasteiger partial charge in [-0.15, -0.1) is 0 Å². The van der Waals surface area contributed by atoms with Crippen LogP contribution >= 0.6 is 11.6 Å². The summed E-state index contributed by atoms with van der Waals surface area (Å²) in [4.78, 5) is 22.7. The molecule has 0 aromatic carbocycles. The van der Waals surface area contributed by atoms with Crippen LogP contribution in [0.2, 0.25) is 5.02 Å². The van der Waals surface area contributed by atoms with Crippen molar-refractivity contribution in [1.82, 2.24) is 9.78 Å². The maximum absolute atomic E-state index is 11.7. The quantitative estimate of drug-likeness (QED) is 0.689. The molecule has 3 N–H and O–H groups in total. The average molecular weight is 261 g/mol. The molecule has 0 saturated carbocycles. The molecule has 0 radical (unpaired) electrons. The number of nitrogens with zero attached hydrogens (tertiary/aromatic N) is 2. The van der Waals surface area contributed by atoms with Gasteiger partial charge in [0, 0.05) is 13.1 Å². The molecule has 8 heteroatoms. The first-order valence-corrected chi connectivity index (χ1v) is 5.24. The Morgan fingerprint density at radius 2 is 2.41 bits per heavy atom. The van der Waals surface area contributed by atoms with Gasteiger partial charge in [-0.05, 0) is 0 Å². The van der Waals surface area contributed by atoms with Crippen LogP contribution in [-0.2, 0) is 16.1 Å². The summed E-state index contributed by atoms with van der Waals surface area (Å²) in [6.07, 6.45) is 1.36. The Morgan fingerprint density at radius 3 is 3.00 bits per heavy atom. The summed E-state index contributed by atoms with van der Waals surface area (Å²) in [6.45, 7) is 0.607. The summed E-state index contributed by atoms with van der Waals surface area (Å²) in [5, 5.41) is 6.61. The Hall–Kier alpha value is -1.60. The van der Waals surface area contributed by atoms with Crippen LogP contribution in [-0.4, -0.2) is 35.9 Å². The van der Waals surface area contributed by atoms with Gasteiger partial charge in [0.15, 0.2) is 0 Å². The molecule has 0 unspecified atom stereocenters. The Morgan fingerprint density at radius 1 is 1.71 bits per heavy atom. The van der Waals surface area contributed by atoms with Gasteiger partial charge in [-0.2, -0.15) is 5.10 Å².